The van der Waals surface area contributed by atoms with E-state index in [9.17, 15) is 4.79 Å². The Morgan fingerprint density at radius 1 is 0.972 bits per heavy atom. The van der Waals surface area contributed by atoms with Crippen molar-refractivity contribution in [3.05, 3.63) is 102 Å². The number of imidazole rings is 1. The summed E-state index contributed by atoms with van der Waals surface area (Å²) in [6, 6.07) is 27.5. The molecule has 0 unspecified atom stereocenters. The summed E-state index contributed by atoms with van der Waals surface area (Å²) in [4.78, 5) is 17.3. The molecule has 1 amide bonds. The maximum absolute atomic E-state index is 12.4. The predicted molar refractivity (Wildman–Crippen MR) is 140 cm³/mol. The minimum absolute atomic E-state index is 0.113. The van der Waals surface area contributed by atoms with Crippen LogP contribution in [0.3, 0.4) is 0 Å². The van der Waals surface area contributed by atoms with Crippen LogP contribution in [0.2, 0.25) is 0 Å². The zero-order valence-corrected chi connectivity index (χ0v) is 20.0. The zero-order chi connectivity index (χ0) is 24.9. The van der Waals surface area contributed by atoms with Crippen molar-refractivity contribution >= 4 is 27.7 Å². The molecule has 1 aromatic heterocycles. The van der Waals surface area contributed by atoms with Crippen molar-refractivity contribution < 1.29 is 19.4 Å². The van der Waals surface area contributed by atoms with E-state index >= 15 is 0 Å². The standard InChI is InChI=1S/C29H27N3O4/c1-35-27-9-5-4-8-23(27)18-32-26-13-11-22(29(34)30-14-15-33)17-25(26)31-28(32)19-36-24-12-10-20-6-2-3-7-21(20)16-24/h2-13,16-17,33H,14-15,18-19H2,1H3,(H,30,34). The van der Waals surface area contributed by atoms with Crippen LogP contribution in [0, 0.1) is 0 Å². The summed E-state index contributed by atoms with van der Waals surface area (Å²) in [7, 11) is 1.66. The molecule has 2 N–H and O–H groups in total. The molecule has 4 aromatic carbocycles. The van der Waals surface area contributed by atoms with Crippen molar-refractivity contribution in [2.75, 3.05) is 20.3 Å². The summed E-state index contributed by atoms with van der Waals surface area (Å²) in [5, 5.41) is 14.0. The van der Waals surface area contributed by atoms with Gasteiger partial charge in [-0.3, -0.25) is 4.79 Å². The third-order valence-corrected chi connectivity index (χ3v) is 6.10. The van der Waals surface area contributed by atoms with Gasteiger partial charge in [0.05, 0.1) is 31.3 Å². The zero-order valence-electron chi connectivity index (χ0n) is 20.0. The number of methoxy groups -OCH3 is 1. The molecule has 0 spiro atoms. The number of fused-ring (bicyclic) bond motifs is 2. The molecule has 0 fully saturated rings. The Morgan fingerprint density at radius 2 is 1.78 bits per heavy atom. The van der Waals surface area contributed by atoms with E-state index in [0.29, 0.717) is 17.6 Å². The van der Waals surface area contributed by atoms with Crippen molar-refractivity contribution in [3.63, 3.8) is 0 Å². The molecule has 7 heteroatoms. The number of hydrogen-bond donors (Lipinski definition) is 2. The Morgan fingerprint density at radius 3 is 2.61 bits per heavy atom. The Balaban J connectivity index is 1.50. The first kappa shape index (κ1) is 23.4. The van der Waals surface area contributed by atoms with Crippen LogP contribution in [-0.4, -0.2) is 40.8 Å². The number of benzene rings is 4. The number of ether oxygens (including phenoxy) is 2. The van der Waals surface area contributed by atoms with Gasteiger partial charge in [0, 0.05) is 17.7 Å². The Kier molecular flexibility index (Phi) is 6.82. The molecular formula is C29H27N3O4. The van der Waals surface area contributed by atoms with E-state index in [1.807, 2.05) is 60.7 Å². The van der Waals surface area contributed by atoms with E-state index in [0.717, 1.165) is 39.2 Å². The lowest BCUT2D eigenvalue weighted by molar-refractivity contribution is 0.0945. The molecule has 0 bridgehead atoms. The van der Waals surface area contributed by atoms with Crippen LogP contribution >= 0.6 is 0 Å². The second-order valence-electron chi connectivity index (χ2n) is 8.41. The molecule has 0 aliphatic rings. The number of nitrogens with one attached hydrogen (secondary N) is 1. The minimum atomic E-state index is -0.251. The van der Waals surface area contributed by atoms with Gasteiger partial charge in [0.25, 0.3) is 5.91 Å². The molecule has 0 saturated heterocycles. The van der Waals surface area contributed by atoms with Crippen molar-refractivity contribution in [1.29, 1.82) is 0 Å². The Labute approximate surface area is 208 Å². The quantitative estimate of drug-likeness (QED) is 0.323. The number of nitrogens with zero attached hydrogens (tertiary/aromatic N) is 2. The van der Waals surface area contributed by atoms with Gasteiger partial charge in [0.15, 0.2) is 0 Å². The van der Waals surface area contributed by atoms with E-state index in [1.54, 1.807) is 19.2 Å². The summed E-state index contributed by atoms with van der Waals surface area (Å²) in [5.74, 6) is 2.03. The van der Waals surface area contributed by atoms with Crippen molar-refractivity contribution in [2.45, 2.75) is 13.2 Å². The van der Waals surface area contributed by atoms with Gasteiger partial charge in [-0.25, -0.2) is 4.98 Å². The highest BCUT2D eigenvalue weighted by atomic mass is 16.5. The smallest absolute Gasteiger partial charge is 0.251 e. The summed E-state index contributed by atoms with van der Waals surface area (Å²) in [6.45, 7) is 0.878. The Hall–Kier alpha value is -4.36. The maximum atomic E-state index is 12.4. The molecule has 36 heavy (non-hydrogen) atoms. The third-order valence-electron chi connectivity index (χ3n) is 6.10. The van der Waals surface area contributed by atoms with Crippen LogP contribution < -0.4 is 14.8 Å². The molecule has 0 atom stereocenters. The van der Waals surface area contributed by atoms with Gasteiger partial charge in [-0.15, -0.1) is 0 Å². The fraction of sp³-hybridized carbons (Fsp3) is 0.172. The number of hydrogen-bond acceptors (Lipinski definition) is 5. The first-order chi connectivity index (χ1) is 17.7. The van der Waals surface area contributed by atoms with Crippen LogP contribution in [0.25, 0.3) is 21.8 Å². The average Bonchev–Trinajstić information content (AvgIpc) is 3.27. The fourth-order valence-corrected chi connectivity index (χ4v) is 4.29. The first-order valence-electron chi connectivity index (χ1n) is 11.8. The lowest BCUT2D eigenvalue weighted by atomic mass is 10.1. The lowest BCUT2D eigenvalue weighted by Gasteiger charge is -2.13. The largest absolute Gasteiger partial charge is 0.496 e. The van der Waals surface area contributed by atoms with Gasteiger partial charge in [-0.2, -0.15) is 0 Å². The monoisotopic (exact) mass is 481 g/mol. The highest BCUT2D eigenvalue weighted by Gasteiger charge is 2.16. The SMILES string of the molecule is COc1ccccc1Cn1c(COc2ccc3ccccc3c2)nc2cc(C(=O)NCCO)ccc21. The number of carbonyl (C=O) groups is 1. The van der Waals surface area contributed by atoms with Crippen LogP contribution in [0.1, 0.15) is 21.7 Å². The maximum Gasteiger partial charge on any atom is 0.251 e. The topological polar surface area (TPSA) is 85.6 Å². The average molecular weight is 482 g/mol. The van der Waals surface area contributed by atoms with Crippen molar-refractivity contribution in [1.82, 2.24) is 14.9 Å². The van der Waals surface area contributed by atoms with Crippen LogP contribution in [0.4, 0.5) is 0 Å². The second-order valence-corrected chi connectivity index (χ2v) is 8.41. The number of carbonyl (C=O) groups excluding carboxylic acids is 1. The molecule has 0 aliphatic carbocycles. The second kappa shape index (κ2) is 10.5. The number of para-hydroxylation sites is 1. The molecule has 0 saturated carbocycles. The molecule has 1 heterocycles. The molecule has 7 nitrogen and oxygen atoms in total. The van der Waals surface area contributed by atoms with Crippen LogP contribution in [0.15, 0.2) is 84.9 Å². The Bertz CT molecular complexity index is 1530. The predicted octanol–water partition coefficient (Wildman–Crippen LogP) is 4.55. The number of rotatable bonds is 9. The van der Waals surface area contributed by atoms with Gasteiger partial charge in [0.2, 0.25) is 0 Å². The van der Waals surface area contributed by atoms with Crippen molar-refractivity contribution in [3.8, 4) is 11.5 Å². The summed E-state index contributed by atoms with van der Waals surface area (Å²) in [5.41, 5.74) is 3.08. The normalized spacial score (nSPS) is 11.1. The first-order valence-corrected chi connectivity index (χ1v) is 11.8. The highest BCUT2D eigenvalue weighted by Crippen LogP contribution is 2.26. The van der Waals surface area contributed by atoms with E-state index in [4.69, 9.17) is 19.6 Å². The minimum Gasteiger partial charge on any atom is -0.496 e. The number of amides is 1. The van der Waals surface area contributed by atoms with Gasteiger partial charge in [-0.1, -0.05) is 48.5 Å². The van der Waals surface area contributed by atoms with E-state index < -0.39 is 0 Å². The highest BCUT2D eigenvalue weighted by molar-refractivity contribution is 5.97. The number of aromatic nitrogens is 2. The molecule has 182 valence electrons. The molecule has 0 radical (unpaired) electrons. The van der Waals surface area contributed by atoms with Gasteiger partial charge in [-0.05, 0) is 47.2 Å². The molecular weight excluding hydrogens is 454 g/mol. The number of aliphatic hydroxyl groups is 1. The summed E-state index contributed by atoms with van der Waals surface area (Å²) in [6.07, 6.45) is 0. The van der Waals surface area contributed by atoms with E-state index in [1.165, 1.54) is 0 Å². The summed E-state index contributed by atoms with van der Waals surface area (Å²) < 4.78 is 13.8. The molecule has 5 rings (SSSR count). The fourth-order valence-electron chi connectivity index (χ4n) is 4.29. The van der Waals surface area contributed by atoms with E-state index in [-0.39, 0.29) is 25.7 Å². The van der Waals surface area contributed by atoms with Gasteiger partial charge < -0.3 is 24.5 Å². The van der Waals surface area contributed by atoms with E-state index in [2.05, 4.69) is 22.0 Å². The van der Waals surface area contributed by atoms with Crippen LogP contribution in [0.5, 0.6) is 11.5 Å². The van der Waals surface area contributed by atoms with Crippen LogP contribution in [-0.2, 0) is 13.2 Å². The number of aliphatic hydroxyl groups excluding tert-OH is 1. The summed E-state index contributed by atoms with van der Waals surface area (Å²) >= 11 is 0. The third kappa shape index (κ3) is 4.87. The lowest BCUT2D eigenvalue weighted by Crippen LogP contribution is -2.26. The van der Waals surface area contributed by atoms with Crippen molar-refractivity contribution in [2.24, 2.45) is 0 Å². The molecule has 0 aliphatic heterocycles. The van der Waals surface area contributed by atoms with Gasteiger partial charge in [0.1, 0.15) is 23.9 Å². The van der Waals surface area contributed by atoms with Gasteiger partial charge >= 0.3 is 0 Å². The molecule has 5 aromatic rings.